The fourth-order valence-electron chi connectivity index (χ4n) is 4.37. The molecule has 0 atom stereocenters. The molecule has 2 heterocycles. The van der Waals surface area contributed by atoms with Crippen LogP contribution < -0.4 is 16.4 Å². The van der Waals surface area contributed by atoms with Crippen molar-refractivity contribution in [3.63, 3.8) is 0 Å². The van der Waals surface area contributed by atoms with E-state index in [-0.39, 0.29) is 30.8 Å². The third-order valence-corrected chi connectivity index (χ3v) is 6.69. The van der Waals surface area contributed by atoms with Gasteiger partial charge in [-0.05, 0) is 48.4 Å². The van der Waals surface area contributed by atoms with Gasteiger partial charge in [0.05, 0.1) is 6.54 Å². The summed E-state index contributed by atoms with van der Waals surface area (Å²) in [6.07, 6.45) is 0. The van der Waals surface area contributed by atoms with Crippen LogP contribution >= 0.6 is 0 Å². The van der Waals surface area contributed by atoms with Crippen molar-refractivity contribution in [2.75, 3.05) is 45.1 Å². The summed E-state index contributed by atoms with van der Waals surface area (Å²) in [6, 6.07) is 13.6. The number of rotatable bonds is 11. The Morgan fingerprint density at radius 2 is 1.82 bits per heavy atom. The molecule has 0 fully saturated rings. The van der Waals surface area contributed by atoms with Crippen molar-refractivity contribution in [3.8, 4) is 11.5 Å². The minimum atomic E-state index is -0.530. The topological polar surface area (TPSA) is 116 Å². The first-order chi connectivity index (χ1) is 18.3. The first-order valence-corrected chi connectivity index (χ1v) is 12.7. The number of hydrogen-bond donors (Lipinski definition) is 2. The number of anilines is 1. The van der Waals surface area contributed by atoms with E-state index in [9.17, 15) is 14.4 Å². The summed E-state index contributed by atoms with van der Waals surface area (Å²) in [5.74, 6) is -0.604. The van der Waals surface area contributed by atoms with Crippen LogP contribution in [0.4, 0.5) is 5.69 Å². The Morgan fingerprint density at radius 3 is 2.42 bits per heavy atom. The van der Waals surface area contributed by atoms with Gasteiger partial charge in [-0.2, -0.15) is 4.68 Å². The maximum atomic E-state index is 13.2. The largest absolute Gasteiger partial charge is 0.437 e. The van der Waals surface area contributed by atoms with Crippen LogP contribution in [0.5, 0.6) is 0 Å². The number of amides is 2. The first kappa shape index (κ1) is 27.1. The minimum absolute atomic E-state index is 0.00805. The van der Waals surface area contributed by atoms with Crippen molar-refractivity contribution in [2.45, 2.75) is 26.9 Å². The van der Waals surface area contributed by atoms with E-state index in [0.717, 1.165) is 22.5 Å². The second kappa shape index (κ2) is 12.1. The summed E-state index contributed by atoms with van der Waals surface area (Å²) >= 11 is 0. The molecule has 0 radical (unpaired) electrons. The number of carbonyl (C=O) groups excluding carboxylic acids is 2. The Labute approximate surface area is 222 Å². The highest BCUT2D eigenvalue weighted by Crippen LogP contribution is 2.24. The van der Waals surface area contributed by atoms with Crippen LogP contribution in [0, 0.1) is 6.92 Å². The molecular formula is C27H35N7O4. The highest BCUT2D eigenvalue weighted by molar-refractivity contribution is 5.87. The van der Waals surface area contributed by atoms with Crippen molar-refractivity contribution in [1.29, 1.82) is 0 Å². The van der Waals surface area contributed by atoms with Gasteiger partial charge in [0, 0.05) is 51.5 Å². The van der Waals surface area contributed by atoms with Crippen molar-refractivity contribution in [1.82, 2.24) is 30.0 Å². The van der Waals surface area contributed by atoms with E-state index in [1.807, 2.05) is 43.1 Å². The maximum absolute atomic E-state index is 13.2. The van der Waals surface area contributed by atoms with Gasteiger partial charge in [-0.15, -0.1) is 5.10 Å². The third-order valence-electron chi connectivity index (χ3n) is 6.69. The normalized spacial score (nSPS) is 12.8. The van der Waals surface area contributed by atoms with Crippen molar-refractivity contribution in [3.05, 3.63) is 69.7 Å². The molecule has 0 saturated heterocycles. The Balaban J connectivity index is 1.37. The molecule has 0 bridgehead atoms. The predicted molar refractivity (Wildman–Crippen MR) is 144 cm³/mol. The molecule has 0 saturated carbocycles. The number of hydrazine groups is 1. The molecule has 1 aliphatic rings. The van der Waals surface area contributed by atoms with Gasteiger partial charge in [-0.1, -0.05) is 31.2 Å². The fraction of sp³-hybridized carbons (Fsp3) is 0.407. The summed E-state index contributed by atoms with van der Waals surface area (Å²) in [7, 11) is 3.28. The molecule has 38 heavy (non-hydrogen) atoms. The molecule has 2 N–H and O–H groups in total. The summed E-state index contributed by atoms with van der Waals surface area (Å²) in [5, 5.41) is 14.1. The number of likely N-dealkylation sites (N-methyl/N-ethyl adjacent to an activating group) is 2. The fourth-order valence-corrected chi connectivity index (χ4v) is 4.37. The number of benzene rings is 2. The lowest BCUT2D eigenvalue weighted by Crippen LogP contribution is -2.49. The van der Waals surface area contributed by atoms with Crippen LogP contribution in [0.3, 0.4) is 0 Å². The number of aryl methyl sites for hydroxylation is 2. The maximum Gasteiger partial charge on any atom is 0.437 e. The number of carbonyl (C=O) groups is 2. The van der Waals surface area contributed by atoms with Gasteiger partial charge in [0.15, 0.2) is 0 Å². The van der Waals surface area contributed by atoms with Crippen molar-refractivity contribution >= 4 is 17.5 Å². The van der Waals surface area contributed by atoms with Gasteiger partial charge >= 0.3 is 5.76 Å². The van der Waals surface area contributed by atoms with Crippen LogP contribution in [0.2, 0.25) is 0 Å². The van der Waals surface area contributed by atoms with Gasteiger partial charge in [0.1, 0.15) is 6.54 Å². The van der Waals surface area contributed by atoms with Gasteiger partial charge in [-0.3, -0.25) is 14.6 Å². The van der Waals surface area contributed by atoms with E-state index in [1.165, 1.54) is 18.2 Å². The van der Waals surface area contributed by atoms with Gasteiger partial charge in [-0.25, -0.2) is 9.80 Å². The lowest BCUT2D eigenvalue weighted by atomic mass is 10.1. The molecule has 2 amide bonds. The molecular weight excluding hydrogens is 486 g/mol. The smallest absolute Gasteiger partial charge is 0.388 e. The van der Waals surface area contributed by atoms with Crippen molar-refractivity contribution in [2.24, 2.45) is 7.05 Å². The number of nitrogens with zero attached hydrogens (tertiary/aromatic N) is 5. The Morgan fingerprint density at radius 1 is 1.11 bits per heavy atom. The standard InChI is InChI=1S/C27H35N7O4/c1-5-28-12-13-33(18-25(36)32(4)34-16-21-8-6-7-9-22(21)17-34)24(35)15-29-23-11-10-20(14-19(23)2)26-30-31(3)27(37)38-26/h6-11,14,28-29H,5,12-13,15-18H2,1-4H3. The molecule has 1 aliphatic heterocycles. The Bertz CT molecular complexity index is 1320. The highest BCUT2D eigenvalue weighted by atomic mass is 16.4. The monoisotopic (exact) mass is 521 g/mol. The SMILES string of the molecule is CCNCCN(CC(=O)N(C)N1Cc2ccccc2C1)C(=O)CNc1ccc(-c2nn(C)c(=O)o2)cc1C. The number of aromatic nitrogens is 2. The lowest BCUT2D eigenvalue weighted by Gasteiger charge is -2.31. The lowest BCUT2D eigenvalue weighted by molar-refractivity contribution is -0.151. The molecule has 202 valence electrons. The zero-order valence-corrected chi connectivity index (χ0v) is 22.4. The van der Waals surface area contributed by atoms with Crippen LogP contribution in [0.15, 0.2) is 51.7 Å². The average Bonchev–Trinajstić information content (AvgIpc) is 3.49. The van der Waals surface area contributed by atoms with Gasteiger partial charge < -0.3 is 20.0 Å². The molecule has 11 nitrogen and oxygen atoms in total. The Hall–Kier alpha value is -3.96. The number of fused-ring (bicyclic) bond motifs is 1. The van der Waals surface area contributed by atoms with Crippen LogP contribution in [0.1, 0.15) is 23.6 Å². The minimum Gasteiger partial charge on any atom is -0.388 e. The predicted octanol–water partition coefficient (Wildman–Crippen LogP) is 1.59. The molecule has 3 aromatic rings. The molecule has 0 spiro atoms. The van der Waals surface area contributed by atoms with E-state index >= 15 is 0 Å². The first-order valence-electron chi connectivity index (χ1n) is 12.7. The van der Waals surface area contributed by atoms with Gasteiger partial charge in [0.25, 0.3) is 5.91 Å². The molecule has 1 aromatic heterocycles. The van der Waals surface area contributed by atoms with Crippen LogP contribution in [-0.2, 0) is 29.7 Å². The van der Waals surface area contributed by atoms with E-state index < -0.39 is 5.76 Å². The van der Waals surface area contributed by atoms with Crippen LogP contribution in [-0.4, -0.2) is 76.3 Å². The average molecular weight is 522 g/mol. The van der Waals surface area contributed by atoms with E-state index in [2.05, 4.69) is 27.9 Å². The molecule has 11 heteroatoms. The van der Waals surface area contributed by atoms with E-state index in [4.69, 9.17) is 4.42 Å². The molecule has 0 unspecified atom stereocenters. The molecule has 4 rings (SSSR count). The molecule has 2 aromatic carbocycles. The summed E-state index contributed by atoms with van der Waals surface area (Å²) in [5.41, 5.74) is 4.73. The third kappa shape index (κ3) is 6.29. The quantitative estimate of drug-likeness (QED) is 0.366. The molecule has 0 aliphatic carbocycles. The van der Waals surface area contributed by atoms with Crippen LogP contribution in [0.25, 0.3) is 11.5 Å². The Kier molecular flexibility index (Phi) is 8.59. The number of hydrogen-bond acceptors (Lipinski definition) is 8. The van der Waals surface area contributed by atoms with Gasteiger partial charge in [0.2, 0.25) is 11.8 Å². The van der Waals surface area contributed by atoms with Crippen molar-refractivity contribution < 1.29 is 14.0 Å². The zero-order chi connectivity index (χ0) is 27.2. The van der Waals surface area contributed by atoms with E-state index in [0.29, 0.717) is 31.7 Å². The summed E-state index contributed by atoms with van der Waals surface area (Å²) in [4.78, 5) is 39.5. The zero-order valence-electron chi connectivity index (χ0n) is 22.4. The summed E-state index contributed by atoms with van der Waals surface area (Å²) < 4.78 is 6.29. The number of nitrogens with one attached hydrogen (secondary N) is 2. The summed E-state index contributed by atoms with van der Waals surface area (Å²) in [6.45, 7) is 7.06. The second-order valence-electron chi connectivity index (χ2n) is 9.36. The second-order valence-corrected chi connectivity index (χ2v) is 9.36. The highest BCUT2D eigenvalue weighted by Gasteiger charge is 2.27. The van der Waals surface area contributed by atoms with E-state index in [1.54, 1.807) is 23.0 Å².